The van der Waals surface area contributed by atoms with Crippen molar-refractivity contribution in [2.45, 2.75) is 89.6 Å². The van der Waals surface area contributed by atoms with E-state index in [2.05, 4.69) is 22.0 Å². The standard InChI is InChI=1S/C22H37N3O2/c1-22(11-3-2-4-12-22)21(27)24-14-9-19(10-15-24)25-13-5-6-17(16-25)20(26)23-18-7-8-18/h17-19H,2-16H2,1H3,(H,23,26). The average molecular weight is 376 g/mol. The quantitative estimate of drug-likeness (QED) is 0.822. The van der Waals surface area contributed by atoms with Crippen molar-refractivity contribution >= 4 is 11.8 Å². The van der Waals surface area contributed by atoms with Crippen LogP contribution in [0.15, 0.2) is 0 Å². The van der Waals surface area contributed by atoms with Crippen molar-refractivity contribution in [3.63, 3.8) is 0 Å². The smallest absolute Gasteiger partial charge is 0.228 e. The third-order valence-electron chi connectivity index (χ3n) is 7.49. The van der Waals surface area contributed by atoms with E-state index in [4.69, 9.17) is 0 Å². The third kappa shape index (κ3) is 4.49. The van der Waals surface area contributed by atoms with Gasteiger partial charge in [0.05, 0.1) is 5.92 Å². The second-order valence-corrected chi connectivity index (χ2v) is 9.76. The molecular formula is C22H37N3O2. The van der Waals surface area contributed by atoms with Gasteiger partial charge in [-0.15, -0.1) is 0 Å². The largest absolute Gasteiger partial charge is 0.353 e. The van der Waals surface area contributed by atoms with Gasteiger partial charge < -0.3 is 10.2 Å². The van der Waals surface area contributed by atoms with Gasteiger partial charge in [0, 0.05) is 37.1 Å². The molecule has 2 saturated heterocycles. The summed E-state index contributed by atoms with van der Waals surface area (Å²) >= 11 is 0. The summed E-state index contributed by atoms with van der Waals surface area (Å²) in [6.07, 6.45) is 12.4. The van der Waals surface area contributed by atoms with Crippen molar-refractivity contribution in [2.75, 3.05) is 26.2 Å². The van der Waals surface area contributed by atoms with E-state index in [-0.39, 0.29) is 17.2 Å². The van der Waals surface area contributed by atoms with Crippen LogP contribution in [0.5, 0.6) is 0 Å². The van der Waals surface area contributed by atoms with Gasteiger partial charge in [-0.1, -0.05) is 26.2 Å². The van der Waals surface area contributed by atoms with Gasteiger partial charge in [0.2, 0.25) is 11.8 Å². The van der Waals surface area contributed by atoms with Crippen molar-refractivity contribution in [1.29, 1.82) is 0 Å². The molecule has 0 spiro atoms. The molecule has 2 heterocycles. The Morgan fingerprint density at radius 3 is 2.26 bits per heavy atom. The Kier molecular flexibility index (Phi) is 5.77. The number of rotatable bonds is 4. The molecule has 4 fully saturated rings. The molecule has 1 N–H and O–H groups in total. The lowest BCUT2D eigenvalue weighted by Crippen LogP contribution is -2.53. The Hall–Kier alpha value is -1.10. The molecular weight excluding hydrogens is 338 g/mol. The van der Waals surface area contributed by atoms with E-state index < -0.39 is 0 Å². The molecule has 4 rings (SSSR count). The zero-order chi connectivity index (χ0) is 18.9. The van der Waals surface area contributed by atoms with Crippen LogP contribution in [0.1, 0.15) is 77.6 Å². The molecule has 2 amide bonds. The maximum atomic E-state index is 13.1. The Morgan fingerprint density at radius 2 is 1.59 bits per heavy atom. The van der Waals surface area contributed by atoms with Gasteiger partial charge in [0.25, 0.3) is 0 Å². The van der Waals surface area contributed by atoms with Crippen LogP contribution in [0.3, 0.4) is 0 Å². The zero-order valence-corrected chi connectivity index (χ0v) is 17.0. The molecule has 1 unspecified atom stereocenters. The molecule has 0 bridgehead atoms. The van der Waals surface area contributed by atoms with E-state index >= 15 is 0 Å². The molecule has 2 aliphatic heterocycles. The first kappa shape index (κ1) is 19.2. The SMILES string of the molecule is CC1(C(=O)N2CCC(N3CCCC(C(=O)NC4CC4)C3)CC2)CCCCC1. The van der Waals surface area contributed by atoms with E-state index in [0.717, 1.165) is 77.5 Å². The zero-order valence-electron chi connectivity index (χ0n) is 17.0. The van der Waals surface area contributed by atoms with E-state index in [1.807, 2.05) is 0 Å². The van der Waals surface area contributed by atoms with E-state index in [9.17, 15) is 9.59 Å². The van der Waals surface area contributed by atoms with Gasteiger partial charge in [0.15, 0.2) is 0 Å². The number of piperidine rings is 2. The molecule has 1 atom stereocenters. The number of likely N-dealkylation sites (tertiary alicyclic amines) is 2. The van der Waals surface area contributed by atoms with Gasteiger partial charge in [-0.05, 0) is 57.9 Å². The fourth-order valence-corrected chi connectivity index (χ4v) is 5.46. The summed E-state index contributed by atoms with van der Waals surface area (Å²) in [4.78, 5) is 30.2. The lowest BCUT2D eigenvalue weighted by molar-refractivity contribution is -0.144. The predicted molar refractivity (Wildman–Crippen MR) is 106 cm³/mol. The van der Waals surface area contributed by atoms with E-state index in [0.29, 0.717) is 18.0 Å². The number of nitrogens with zero attached hydrogens (tertiary/aromatic N) is 2. The highest BCUT2D eigenvalue weighted by atomic mass is 16.2. The van der Waals surface area contributed by atoms with Gasteiger partial charge in [0.1, 0.15) is 0 Å². The number of hydrogen-bond acceptors (Lipinski definition) is 3. The van der Waals surface area contributed by atoms with Crippen molar-refractivity contribution < 1.29 is 9.59 Å². The number of nitrogens with one attached hydrogen (secondary N) is 1. The molecule has 0 radical (unpaired) electrons. The Morgan fingerprint density at radius 1 is 0.889 bits per heavy atom. The lowest BCUT2D eigenvalue weighted by atomic mass is 9.74. The monoisotopic (exact) mass is 375 g/mol. The van der Waals surface area contributed by atoms with Crippen LogP contribution in [-0.2, 0) is 9.59 Å². The number of carbonyl (C=O) groups excluding carboxylic acids is 2. The lowest BCUT2D eigenvalue weighted by Gasteiger charge is -2.44. The summed E-state index contributed by atoms with van der Waals surface area (Å²) in [5.74, 6) is 0.848. The average Bonchev–Trinajstić information content (AvgIpc) is 3.52. The number of amides is 2. The van der Waals surface area contributed by atoms with Crippen molar-refractivity contribution in [3.05, 3.63) is 0 Å². The minimum Gasteiger partial charge on any atom is -0.353 e. The summed E-state index contributed by atoms with van der Waals surface area (Å²) < 4.78 is 0. The fourth-order valence-electron chi connectivity index (χ4n) is 5.46. The fraction of sp³-hybridized carbons (Fsp3) is 0.909. The summed E-state index contributed by atoms with van der Waals surface area (Å²) in [5.41, 5.74) is -0.109. The van der Waals surface area contributed by atoms with Crippen LogP contribution in [0.4, 0.5) is 0 Å². The highest BCUT2D eigenvalue weighted by Crippen LogP contribution is 2.38. The van der Waals surface area contributed by atoms with Crippen LogP contribution in [0, 0.1) is 11.3 Å². The minimum absolute atomic E-state index is 0.109. The Labute approximate surface area is 164 Å². The van der Waals surface area contributed by atoms with Gasteiger partial charge in [-0.2, -0.15) is 0 Å². The molecule has 5 nitrogen and oxygen atoms in total. The summed E-state index contributed by atoms with van der Waals surface area (Å²) in [7, 11) is 0. The van der Waals surface area contributed by atoms with Gasteiger partial charge >= 0.3 is 0 Å². The second-order valence-electron chi connectivity index (χ2n) is 9.76. The molecule has 0 aromatic heterocycles. The second kappa shape index (κ2) is 8.10. The van der Waals surface area contributed by atoms with Gasteiger partial charge in [-0.3, -0.25) is 14.5 Å². The maximum Gasteiger partial charge on any atom is 0.228 e. The maximum absolute atomic E-state index is 13.1. The molecule has 27 heavy (non-hydrogen) atoms. The molecule has 5 heteroatoms. The summed E-state index contributed by atoms with van der Waals surface area (Å²) in [6.45, 7) is 6.01. The number of hydrogen-bond donors (Lipinski definition) is 1. The van der Waals surface area contributed by atoms with Crippen molar-refractivity contribution in [1.82, 2.24) is 15.1 Å². The first-order chi connectivity index (χ1) is 13.0. The number of carbonyl (C=O) groups is 2. The van der Waals surface area contributed by atoms with Crippen molar-refractivity contribution in [2.24, 2.45) is 11.3 Å². The first-order valence-electron chi connectivity index (χ1n) is 11.4. The topological polar surface area (TPSA) is 52.7 Å². The van der Waals surface area contributed by atoms with Crippen LogP contribution in [0.2, 0.25) is 0 Å². The van der Waals surface area contributed by atoms with E-state index in [1.54, 1.807) is 0 Å². The minimum atomic E-state index is -0.109. The normalized spacial score (nSPS) is 30.1. The highest BCUT2D eigenvalue weighted by Gasteiger charge is 2.40. The molecule has 2 saturated carbocycles. The molecule has 4 aliphatic rings. The van der Waals surface area contributed by atoms with Crippen molar-refractivity contribution in [3.8, 4) is 0 Å². The first-order valence-corrected chi connectivity index (χ1v) is 11.4. The molecule has 2 aliphatic carbocycles. The van der Waals surface area contributed by atoms with Crippen LogP contribution >= 0.6 is 0 Å². The van der Waals surface area contributed by atoms with Crippen LogP contribution in [-0.4, -0.2) is 59.9 Å². The summed E-state index contributed by atoms with van der Waals surface area (Å²) in [5, 5.41) is 3.19. The van der Waals surface area contributed by atoms with E-state index in [1.165, 1.54) is 19.3 Å². The van der Waals surface area contributed by atoms with Crippen LogP contribution in [0.25, 0.3) is 0 Å². The molecule has 0 aromatic rings. The predicted octanol–water partition coefficient (Wildman–Crippen LogP) is 2.94. The highest BCUT2D eigenvalue weighted by molar-refractivity contribution is 5.82. The van der Waals surface area contributed by atoms with Gasteiger partial charge in [-0.25, -0.2) is 0 Å². The molecule has 0 aromatic carbocycles. The Bertz CT molecular complexity index is 546. The third-order valence-corrected chi connectivity index (χ3v) is 7.49. The molecule has 152 valence electrons. The summed E-state index contributed by atoms with van der Waals surface area (Å²) in [6, 6.07) is 1.01. The Balaban J connectivity index is 1.27. The van der Waals surface area contributed by atoms with Crippen LogP contribution < -0.4 is 5.32 Å².